The fraction of sp³-hybridized carbons (Fsp3) is 0.364. The van der Waals surface area contributed by atoms with Crippen LogP contribution in [0.25, 0.3) is 10.9 Å². The van der Waals surface area contributed by atoms with Gasteiger partial charge < -0.3 is 5.32 Å². The van der Waals surface area contributed by atoms with E-state index in [0.29, 0.717) is 6.04 Å². The first-order valence-electron chi connectivity index (χ1n) is 4.93. The van der Waals surface area contributed by atoms with Gasteiger partial charge in [-0.1, -0.05) is 12.1 Å². The Hall–Kier alpha value is -0.870. The first-order valence-corrected chi connectivity index (χ1v) is 5.73. The van der Waals surface area contributed by atoms with Crippen LogP contribution in [0.5, 0.6) is 0 Å². The number of benzene rings is 1. The van der Waals surface area contributed by atoms with Crippen LogP contribution in [-0.4, -0.2) is 16.8 Å². The molecule has 1 unspecified atom stereocenters. The lowest BCUT2D eigenvalue weighted by atomic mass is 10.0. The van der Waals surface area contributed by atoms with Gasteiger partial charge >= 0.3 is 0 Å². The Morgan fingerprint density at radius 3 is 2.87 bits per heavy atom. The normalized spacial score (nSPS) is 13.3. The zero-order chi connectivity index (χ0) is 11.0. The second-order valence-electron chi connectivity index (χ2n) is 3.67. The van der Waals surface area contributed by atoms with E-state index in [1.165, 1.54) is 10.9 Å². The molecule has 0 saturated carbocycles. The molecule has 1 aromatic carbocycles. The number of halogens is 1. The number of rotatable bonds is 2. The monoisotopic (exact) mass is 267 g/mol. The summed E-state index contributed by atoms with van der Waals surface area (Å²) in [6.45, 7) is 2.15. The summed E-state index contributed by atoms with van der Waals surface area (Å²) < 4.78 is 2.81. The van der Waals surface area contributed by atoms with E-state index in [0.717, 1.165) is 10.1 Å². The standard InChI is InChI=1S/C11H14BrN3/c1-7(13-2)8-5-4-6-9-10(8)11(12)14-15(9)3/h4-7,13H,1-3H3. The zero-order valence-corrected chi connectivity index (χ0v) is 10.7. The summed E-state index contributed by atoms with van der Waals surface area (Å²) in [6, 6.07) is 6.61. The van der Waals surface area contributed by atoms with Crippen LogP contribution in [0.2, 0.25) is 0 Å². The Morgan fingerprint density at radius 2 is 2.20 bits per heavy atom. The quantitative estimate of drug-likeness (QED) is 0.907. The van der Waals surface area contributed by atoms with Crippen molar-refractivity contribution in [2.45, 2.75) is 13.0 Å². The fourth-order valence-corrected chi connectivity index (χ4v) is 2.47. The maximum absolute atomic E-state index is 4.37. The van der Waals surface area contributed by atoms with E-state index in [2.05, 4.69) is 51.5 Å². The lowest BCUT2D eigenvalue weighted by Gasteiger charge is -2.11. The molecular weight excluding hydrogens is 254 g/mol. The summed E-state index contributed by atoms with van der Waals surface area (Å²) in [6.07, 6.45) is 0. The second-order valence-corrected chi connectivity index (χ2v) is 4.42. The zero-order valence-electron chi connectivity index (χ0n) is 9.08. The van der Waals surface area contributed by atoms with E-state index in [4.69, 9.17) is 0 Å². The van der Waals surface area contributed by atoms with Gasteiger partial charge in [0.05, 0.1) is 5.52 Å². The molecule has 1 atom stereocenters. The highest BCUT2D eigenvalue weighted by Gasteiger charge is 2.13. The van der Waals surface area contributed by atoms with E-state index >= 15 is 0 Å². The van der Waals surface area contributed by atoms with Gasteiger partial charge in [-0.25, -0.2) is 0 Å². The van der Waals surface area contributed by atoms with E-state index < -0.39 is 0 Å². The molecule has 0 aliphatic carbocycles. The Kier molecular flexibility index (Phi) is 2.80. The molecule has 0 bridgehead atoms. The topological polar surface area (TPSA) is 29.9 Å². The van der Waals surface area contributed by atoms with Crippen molar-refractivity contribution in [3.63, 3.8) is 0 Å². The highest BCUT2D eigenvalue weighted by Crippen LogP contribution is 2.29. The second kappa shape index (κ2) is 3.94. The van der Waals surface area contributed by atoms with Crippen LogP contribution >= 0.6 is 15.9 Å². The van der Waals surface area contributed by atoms with Crippen LogP contribution in [0.15, 0.2) is 22.8 Å². The van der Waals surface area contributed by atoms with E-state index in [1.807, 2.05) is 18.8 Å². The largest absolute Gasteiger partial charge is 0.313 e. The van der Waals surface area contributed by atoms with E-state index in [9.17, 15) is 0 Å². The Morgan fingerprint density at radius 1 is 1.47 bits per heavy atom. The molecule has 3 nitrogen and oxygen atoms in total. The summed E-state index contributed by atoms with van der Waals surface area (Å²) >= 11 is 3.51. The van der Waals surface area contributed by atoms with Crippen LogP contribution in [-0.2, 0) is 7.05 Å². The van der Waals surface area contributed by atoms with Gasteiger partial charge in [0.25, 0.3) is 0 Å². The average Bonchev–Trinajstić information content (AvgIpc) is 2.54. The molecule has 0 radical (unpaired) electrons. The molecule has 15 heavy (non-hydrogen) atoms. The van der Waals surface area contributed by atoms with Gasteiger partial charge in [0.2, 0.25) is 0 Å². The van der Waals surface area contributed by atoms with E-state index in [-0.39, 0.29) is 0 Å². The number of fused-ring (bicyclic) bond motifs is 1. The number of aromatic nitrogens is 2. The van der Waals surface area contributed by atoms with Gasteiger partial charge in [0.1, 0.15) is 4.60 Å². The number of aryl methyl sites for hydroxylation is 1. The highest BCUT2D eigenvalue weighted by atomic mass is 79.9. The van der Waals surface area contributed by atoms with Crippen LogP contribution in [0.3, 0.4) is 0 Å². The Balaban J connectivity index is 2.75. The van der Waals surface area contributed by atoms with E-state index in [1.54, 1.807) is 0 Å². The molecule has 0 aliphatic heterocycles. The minimum Gasteiger partial charge on any atom is -0.313 e. The van der Waals surface area contributed by atoms with Gasteiger partial charge in [-0.05, 0) is 41.5 Å². The summed E-state index contributed by atoms with van der Waals surface area (Å²) in [5.74, 6) is 0. The molecule has 1 N–H and O–H groups in total. The summed E-state index contributed by atoms with van der Waals surface area (Å²) in [7, 11) is 3.93. The third kappa shape index (κ3) is 1.68. The molecule has 0 saturated heterocycles. The molecule has 1 aromatic heterocycles. The predicted molar refractivity (Wildman–Crippen MR) is 65.9 cm³/mol. The maximum Gasteiger partial charge on any atom is 0.136 e. The first kappa shape index (κ1) is 10.6. The van der Waals surface area contributed by atoms with Gasteiger partial charge in [0, 0.05) is 18.5 Å². The van der Waals surface area contributed by atoms with Crippen molar-refractivity contribution in [1.82, 2.24) is 15.1 Å². The molecule has 0 aliphatic rings. The Labute approximate surface area is 97.6 Å². The molecule has 4 heteroatoms. The fourth-order valence-electron chi connectivity index (χ4n) is 1.80. The molecule has 1 heterocycles. The molecule has 2 rings (SSSR count). The molecule has 0 amide bonds. The lowest BCUT2D eigenvalue weighted by Crippen LogP contribution is -2.12. The molecule has 2 aromatic rings. The van der Waals surface area contributed by atoms with Crippen LogP contribution < -0.4 is 5.32 Å². The van der Waals surface area contributed by atoms with Crippen LogP contribution in [0.4, 0.5) is 0 Å². The first-order chi connectivity index (χ1) is 7.15. The van der Waals surface area contributed by atoms with Crippen molar-refractivity contribution in [1.29, 1.82) is 0 Å². The van der Waals surface area contributed by atoms with Crippen molar-refractivity contribution in [2.75, 3.05) is 7.05 Å². The molecule has 0 fully saturated rings. The van der Waals surface area contributed by atoms with Crippen molar-refractivity contribution < 1.29 is 0 Å². The number of hydrogen-bond donors (Lipinski definition) is 1. The van der Waals surface area contributed by atoms with Gasteiger partial charge in [-0.2, -0.15) is 5.10 Å². The van der Waals surface area contributed by atoms with Crippen LogP contribution in [0, 0.1) is 0 Å². The number of hydrogen-bond acceptors (Lipinski definition) is 2. The highest BCUT2D eigenvalue weighted by molar-refractivity contribution is 9.10. The number of nitrogens with one attached hydrogen (secondary N) is 1. The van der Waals surface area contributed by atoms with Crippen LogP contribution in [0.1, 0.15) is 18.5 Å². The minimum absolute atomic E-state index is 0.328. The average molecular weight is 268 g/mol. The lowest BCUT2D eigenvalue weighted by molar-refractivity contribution is 0.657. The summed E-state index contributed by atoms with van der Waals surface area (Å²) in [5.41, 5.74) is 2.43. The molecule has 0 spiro atoms. The molecule has 80 valence electrons. The smallest absolute Gasteiger partial charge is 0.136 e. The maximum atomic E-state index is 4.37. The summed E-state index contributed by atoms with van der Waals surface area (Å²) in [5, 5.41) is 8.82. The Bertz CT molecular complexity index is 490. The third-order valence-corrected chi connectivity index (χ3v) is 3.32. The molecular formula is C11H14BrN3. The van der Waals surface area contributed by atoms with Crippen molar-refractivity contribution in [2.24, 2.45) is 7.05 Å². The van der Waals surface area contributed by atoms with Gasteiger partial charge in [-0.15, -0.1) is 0 Å². The SMILES string of the molecule is CNC(C)c1cccc2c1c(Br)nn2C. The third-order valence-electron chi connectivity index (χ3n) is 2.77. The minimum atomic E-state index is 0.328. The number of nitrogens with zero attached hydrogens (tertiary/aromatic N) is 2. The predicted octanol–water partition coefficient (Wildman–Crippen LogP) is 2.62. The van der Waals surface area contributed by atoms with Gasteiger partial charge in [-0.3, -0.25) is 4.68 Å². The van der Waals surface area contributed by atoms with Crippen molar-refractivity contribution in [3.05, 3.63) is 28.4 Å². The van der Waals surface area contributed by atoms with Crippen molar-refractivity contribution >= 4 is 26.8 Å². The van der Waals surface area contributed by atoms with Gasteiger partial charge in [0.15, 0.2) is 0 Å². The summed E-state index contributed by atoms with van der Waals surface area (Å²) in [4.78, 5) is 0. The van der Waals surface area contributed by atoms with Crippen molar-refractivity contribution in [3.8, 4) is 0 Å².